The van der Waals surface area contributed by atoms with Gasteiger partial charge < -0.3 is 5.32 Å². The van der Waals surface area contributed by atoms with Crippen molar-refractivity contribution in [1.82, 2.24) is 4.98 Å². The van der Waals surface area contributed by atoms with Crippen LogP contribution in [-0.2, 0) is 0 Å². The minimum absolute atomic E-state index is 0.207. The molecule has 3 rings (SSSR count). The molecule has 0 saturated heterocycles. The van der Waals surface area contributed by atoms with Gasteiger partial charge in [-0.2, -0.15) is 0 Å². The number of aryl methyl sites for hydroxylation is 2. The standard InChI is InChI=1S/C16H13ClN2OS2/c1-9-7-11(17)4-5-12(9)18-15(20)13-8-21-16(19-13)14-6-3-10(2)22-14/h3-8H,1-2H3,(H,18,20). The van der Waals surface area contributed by atoms with Gasteiger partial charge in [-0.3, -0.25) is 4.79 Å². The van der Waals surface area contributed by atoms with E-state index in [4.69, 9.17) is 11.6 Å². The van der Waals surface area contributed by atoms with E-state index >= 15 is 0 Å². The van der Waals surface area contributed by atoms with Gasteiger partial charge in [0.25, 0.3) is 5.91 Å². The van der Waals surface area contributed by atoms with Crippen LogP contribution in [0.5, 0.6) is 0 Å². The van der Waals surface area contributed by atoms with Gasteiger partial charge in [0.2, 0.25) is 0 Å². The van der Waals surface area contributed by atoms with Crippen LogP contribution in [0.15, 0.2) is 35.7 Å². The molecule has 0 unspecified atom stereocenters. The van der Waals surface area contributed by atoms with Crippen LogP contribution in [-0.4, -0.2) is 10.9 Å². The first-order chi connectivity index (χ1) is 10.5. The lowest BCUT2D eigenvalue weighted by Crippen LogP contribution is -2.13. The summed E-state index contributed by atoms with van der Waals surface area (Å²) in [5, 5.41) is 6.18. The van der Waals surface area contributed by atoms with Crippen molar-refractivity contribution in [1.29, 1.82) is 0 Å². The predicted molar refractivity (Wildman–Crippen MR) is 94.3 cm³/mol. The number of carbonyl (C=O) groups is 1. The summed E-state index contributed by atoms with van der Waals surface area (Å²) in [6.07, 6.45) is 0. The summed E-state index contributed by atoms with van der Waals surface area (Å²) in [6.45, 7) is 3.96. The molecule has 0 atom stereocenters. The number of rotatable bonds is 3. The molecule has 2 aromatic heterocycles. The number of benzene rings is 1. The molecule has 6 heteroatoms. The molecule has 0 bridgehead atoms. The van der Waals surface area contributed by atoms with E-state index in [2.05, 4.69) is 23.3 Å². The van der Waals surface area contributed by atoms with Crippen LogP contribution in [0.25, 0.3) is 9.88 Å². The molecule has 1 N–H and O–H groups in total. The molecule has 3 nitrogen and oxygen atoms in total. The van der Waals surface area contributed by atoms with Gasteiger partial charge in [0.1, 0.15) is 10.7 Å². The zero-order valence-corrected chi connectivity index (χ0v) is 14.4. The molecule has 22 heavy (non-hydrogen) atoms. The van der Waals surface area contributed by atoms with Crippen molar-refractivity contribution in [2.24, 2.45) is 0 Å². The van der Waals surface area contributed by atoms with Crippen LogP contribution in [0.4, 0.5) is 5.69 Å². The van der Waals surface area contributed by atoms with E-state index < -0.39 is 0 Å². The Kier molecular flexibility index (Phi) is 4.29. The van der Waals surface area contributed by atoms with E-state index in [1.807, 2.05) is 19.1 Å². The van der Waals surface area contributed by atoms with Gasteiger partial charge in [-0.05, 0) is 49.7 Å². The Balaban J connectivity index is 1.79. The summed E-state index contributed by atoms with van der Waals surface area (Å²) in [6, 6.07) is 9.46. The van der Waals surface area contributed by atoms with Crippen molar-refractivity contribution in [3.8, 4) is 9.88 Å². The van der Waals surface area contributed by atoms with Crippen LogP contribution >= 0.6 is 34.3 Å². The number of thiophene rings is 1. The van der Waals surface area contributed by atoms with Gasteiger partial charge >= 0.3 is 0 Å². The van der Waals surface area contributed by atoms with E-state index in [1.54, 1.807) is 28.8 Å². The van der Waals surface area contributed by atoms with Gasteiger partial charge in [0.05, 0.1) is 4.88 Å². The number of halogens is 1. The Morgan fingerprint density at radius 3 is 2.73 bits per heavy atom. The monoisotopic (exact) mass is 348 g/mol. The molecule has 0 spiro atoms. The third-order valence-electron chi connectivity index (χ3n) is 3.12. The van der Waals surface area contributed by atoms with Gasteiger partial charge in [-0.1, -0.05) is 11.6 Å². The number of aromatic nitrogens is 1. The molecular weight excluding hydrogens is 336 g/mol. The van der Waals surface area contributed by atoms with E-state index in [9.17, 15) is 4.79 Å². The highest BCUT2D eigenvalue weighted by Crippen LogP contribution is 2.30. The number of amides is 1. The Morgan fingerprint density at radius 1 is 1.23 bits per heavy atom. The molecule has 1 aromatic carbocycles. The summed E-state index contributed by atoms with van der Waals surface area (Å²) in [5.74, 6) is -0.207. The number of anilines is 1. The van der Waals surface area contributed by atoms with Crippen molar-refractivity contribution in [3.63, 3.8) is 0 Å². The van der Waals surface area contributed by atoms with Crippen molar-refractivity contribution < 1.29 is 4.79 Å². The summed E-state index contributed by atoms with van der Waals surface area (Å²) in [4.78, 5) is 19.0. The fourth-order valence-electron chi connectivity index (χ4n) is 1.99. The summed E-state index contributed by atoms with van der Waals surface area (Å²) < 4.78 is 0. The summed E-state index contributed by atoms with van der Waals surface area (Å²) in [7, 11) is 0. The maximum absolute atomic E-state index is 12.3. The second kappa shape index (κ2) is 6.20. The number of nitrogens with one attached hydrogen (secondary N) is 1. The average molecular weight is 349 g/mol. The van der Waals surface area contributed by atoms with Crippen LogP contribution in [0.2, 0.25) is 5.02 Å². The molecule has 2 heterocycles. The van der Waals surface area contributed by atoms with Crippen molar-refractivity contribution in [2.45, 2.75) is 13.8 Å². The van der Waals surface area contributed by atoms with E-state index in [-0.39, 0.29) is 5.91 Å². The molecule has 0 fully saturated rings. The van der Waals surface area contributed by atoms with E-state index in [0.717, 1.165) is 21.1 Å². The summed E-state index contributed by atoms with van der Waals surface area (Å²) in [5.41, 5.74) is 2.10. The number of hydrogen-bond acceptors (Lipinski definition) is 4. The predicted octanol–water partition coefficient (Wildman–Crippen LogP) is 5.39. The van der Waals surface area contributed by atoms with E-state index in [1.165, 1.54) is 16.2 Å². The Labute approximate surface area is 141 Å². The van der Waals surface area contributed by atoms with Gasteiger partial charge in [0, 0.05) is 21.0 Å². The van der Waals surface area contributed by atoms with Crippen molar-refractivity contribution >= 4 is 45.9 Å². The van der Waals surface area contributed by atoms with Crippen LogP contribution in [0.3, 0.4) is 0 Å². The Morgan fingerprint density at radius 2 is 2.05 bits per heavy atom. The zero-order valence-electron chi connectivity index (χ0n) is 12.0. The number of carbonyl (C=O) groups excluding carboxylic acids is 1. The smallest absolute Gasteiger partial charge is 0.275 e. The van der Waals surface area contributed by atoms with Crippen LogP contribution in [0.1, 0.15) is 20.9 Å². The number of nitrogens with zero attached hydrogens (tertiary/aromatic N) is 1. The topological polar surface area (TPSA) is 42.0 Å². The third kappa shape index (κ3) is 3.21. The lowest BCUT2D eigenvalue weighted by Gasteiger charge is -2.07. The number of thiazole rings is 1. The lowest BCUT2D eigenvalue weighted by atomic mass is 10.2. The SMILES string of the molecule is Cc1ccc(-c2nc(C(=O)Nc3ccc(Cl)cc3C)cs2)s1. The fraction of sp³-hybridized carbons (Fsp3) is 0.125. The van der Waals surface area contributed by atoms with Crippen molar-refractivity contribution in [3.05, 3.63) is 56.9 Å². The second-order valence-electron chi connectivity index (χ2n) is 4.86. The maximum Gasteiger partial charge on any atom is 0.275 e. The van der Waals surface area contributed by atoms with Gasteiger partial charge in [-0.15, -0.1) is 22.7 Å². The summed E-state index contributed by atoms with van der Waals surface area (Å²) >= 11 is 9.08. The molecule has 0 radical (unpaired) electrons. The van der Waals surface area contributed by atoms with Crippen LogP contribution in [0, 0.1) is 13.8 Å². The normalized spacial score (nSPS) is 10.7. The Bertz CT molecular complexity index is 838. The molecule has 0 aliphatic rings. The maximum atomic E-state index is 12.3. The quantitative estimate of drug-likeness (QED) is 0.689. The van der Waals surface area contributed by atoms with Gasteiger partial charge in [-0.25, -0.2) is 4.98 Å². The van der Waals surface area contributed by atoms with Crippen LogP contribution < -0.4 is 5.32 Å². The first kappa shape index (κ1) is 15.2. The van der Waals surface area contributed by atoms with E-state index in [0.29, 0.717) is 10.7 Å². The lowest BCUT2D eigenvalue weighted by molar-refractivity contribution is 0.102. The first-order valence-electron chi connectivity index (χ1n) is 6.63. The fourth-order valence-corrected chi connectivity index (χ4v) is 3.96. The molecule has 0 aliphatic carbocycles. The molecule has 0 saturated carbocycles. The average Bonchev–Trinajstić information content (AvgIpc) is 3.10. The highest BCUT2D eigenvalue weighted by molar-refractivity contribution is 7.21. The van der Waals surface area contributed by atoms with Crippen molar-refractivity contribution in [2.75, 3.05) is 5.32 Å². The first-order valence-corrected chi connectivity index (χ1v) is 8.70. The largest absolute Gasteiger partial charge is 0.320 e. The minimum atomic E-state index is -0.207. The third-order valence-corrected chi connectivity index (χ3v) is 5.37. The highest BCUT2D eigenvalue weighted by atomic mass is 35.5. The zero-order chi connectivity index (χ0) is 15.7. The molecule has 1 amide bonds. The molecular formula is C16H13ClN2OS2. The molecule has 0 aliphatic heterocycles. The Hall–Kier alpha value is -1.69. The molecule has 112 valence electrons. The second-order valence-corrected chi connectivity index (χ2v) is 7.44. The van der Waals surface area contributed by atoms with Gasteiger partial charge in [0.15, 0.2) is 0 Å². The highest BCUT2D eigenvalue weighted by Gasteiger charge is 2.14. The number of hydrogen-bond donors (Lipinski definition) is 1. The molecule has 3 aromatic rings. The minimum Gasteiger partial charge on any atom is -0.320 e.